The molecule has 4 aliphatic rings. The molecule has 2 aromatic heterocycles. The van der Waals surface area contributed by atoms with Gasteiger partial charge >= 0.3 is 0 Å². The second-order valence-electron chi connectivity index (χ2n) is 8.85. The van der Waals surface area contributed by atoms with Crippen molar-refractivity contribution in [3.05, 3.63) is 18.4 Å². The first kappa shape index (κ1) is 17.5. The van der Waals surface area contributed by atoms with Crippen molar-refractivity contribution >= 4 is 17.5 Å². The van der Waals surface area contributed by atoms with Gasteiger partial charge in [0.1, 0.15) is 0 Å². The number of hydrogen-bond donors (Lipinski definition) is 0. The molecule has 0 amide bonds. The Morgan fingerprint density at radius 3 is 2.48 bits per heavy atom. The number of nitrogens with zero attached hydrogens (tertiary/aromatic N) is 3. The lowest BCUT2D eigenvalue weighted by molar-refractivity contribution is -0.142. The smallest absolute Gasteiger partial charge is 0.200 e. The van der Waals surface area contributed by atoms with Gasteiger partial charge in [-0.25, -0.2) is 0 Å². The maximum absolute atomic E-state index is 13.5. The molecule has 1 unspecified atom stereocenters. The molecular formula is C21H27N3O2S. The van der Waals surface area contributed by atoms with Crippen LogP contribution in [0.5, 0.6) is 0 Å². The molecule has 6 rings (SSSR count). The quantitative estimate of drug-likeness (QED) is 0.667. The Morgan fingerprint density at radius 2 is 1.93 bits per heavy atom. The first-order valence-corrected chi connectivity index (χ1v) is 11.1. The van der Waals surface area contributed by atoms with E-state index in [2.05, 4.69) is 24.0 Å². The number of ketones is 1. The molecule has 0 aromatic carbocycles. The average molecular weight is 386 g/mol. The molecule has 4 aliphatic carbocycles. The van der Waals surface area contributed by atoms with Crippen LogP contribution in [-0.4, -0.2) is 25.8 Å². The second kappa shape index (κ2) is 6.50. The molecular weight excluding hydrogens is 358 g/mol. The third-order valence-corrected chi connectivity index (χ3v) is 8.07. The van der Waals surface area contributed by atoms with Crippen LogP contribution in [-0.2, 0) is 11.3 Å². The fourth-order valence-corrected chi connectivity index (χ4v) is 7.41. The molecule has 5 nitrogen and oxygen atoms in total. The van der Waals surface area contributed by atoms with Crippen LogP contribution in [0.2, 0.25) is 0 Å². The molecule has 4 saturated carbocycles. The largest absolute Gasteiger partial charge is 0.461 e. The van der Waals surface area contributed by atoms with E-state index in [1.54, 1.807) is 18.0 Å². The van der Waals surface area contributed by atoms with Crippen molar-refractivity contribution in [1.82, 2.24) is 14.8 Å². The first-order chi connectivity index (χ1) is 13.1. The van der Waals surface area contributed by atoms with Gasteiger partial charge in [0.2, 0.25) is 0 Å². The van der Waals surface area contributed by atoms with Crippen LogP contribution in [0.15, 0.2) is 28.0 Å². The fourth-order valence-electron chi connectivity index (χ4n) is 6.30. The number of aromatic nitrogens is 3. The zero-order chi connectivity index (χ0) is 18.6. The highest BCUT2D eigenvalue weighted by Crippen LogP contribution is 2.61. The molecule has 0 spiro atoms. The van der Waals surface area contributed by atoms with Gasteiger partial charge in [-0.2, -0.15) is 0 Å². The van der Waals surface area contributed by atoms with Crippen molar-refractivity contribution in [1.29, 1.82) is 0 Å². The van der Waals surface area contributed by atoms with Crippen LogP contribution in [0.4, 0.5) is 0 Å². The number of hydrogen-bond acceptors (Lipinski definition) is 5. The van der Waals surface area contributed by atoms with E-state index in [1.165, 1.54) is 19.3 Å². The summed E-state index contributed by atoms with van der Waals surface area (Å²) >= 11 is 1.57. The maximum Gasteiger partial charge on any atom is 0.200 e. The summed E-state index contributed by atoms with van der Waals surface area (Å²) in [6.07, 6.45) is 9.12. The Morgan fingerprint density at radius 1 is 1.26 bits per heavy atom. The Bertz CT molecular complexity index is 806. The summed E-state index contributed by atoms with van der Waals surface area (Å²) in [6.45, 7) is 4.89. The molecule has 2 heterocycles. The van der Waals surface area contributed by atoms with Gasteiger partial charge < -0.3 is 4.42 Å². The summed E-state index contributed by atoms with van der Waals surface area (Å²) in [6, 6.07) is 3.75. The van der Waals surface area contributed by atoms with Gasteiger partial charge in [-0.3, -0.25) is 9.36 Å². The first-order valence-electron chi connectivity index (χ1n) is 10.3. The van der Waals surface area contributed by atoms with Crippen LogP contribution >= 0.6 is 11.8 Å². The maximum atomic E-state index is 13.5. The Labute approximate surface area is 164 Å². The van der Waals surface area contributed by atoms with E-state index in [0.29, 0.717) is 5.78 Å². The zero-order valence-corrected chi connectivity index (χ0v) is 16.9. The predicted molar refractivity (Wildman–Crippen MR) is 104 cm³/mol. The molecule has 4 bridgehead atoms. The molecule has 0 N–H and O–H groups in total. The average Bonchev–Trinajstić information content (AvgIpc) is 3.29. The molecule has 4 fully saturated rings. The monoisotopic (exact) mass is 385 g/mol. The normalized spacial score (nSPS) is 32.7. The Balaban J connectivity index is 1.36. The van der Waals surface area contributed by atoms with Gasteiger partial charge in [-0.1, -0.05) is 11.8 Å². The van der Waals surface area contributed by atoms with Crippen LogP contribution < -0.4 is 0 Å². The highest BCUT2D eigenvalue weighted by Gasteiger charge is 2.55. The zero-order valence-electron chi connectivity index (χ0n) is 16.1. The molecule has 0 aliphatic heterocycles. The molecule has 144 valence electrons. The summed E-state index contributed by atoms with van der Waals surface area (Å²) in [5.41, 5.74) is -0.0535. The standard InChI is InChI=1S/C21H27N3O2S/c1-3-24-19(17-5-4-6-26-17)22-23-20(24)27-13(2)18(25)21-10-14-7-15(11-21)9-16(8-14)12-21/h4-6,13-16H,3,7-12H2,1-2H3. The third-order valence-electron chi connectivity index (χ3n) is 6.99. The Kier molecular flexibility index (Phi) is 4.22. The number of carbonyl (C=O) groups excluding carboxylic acids is 1. The molecule has 0 saturated heterocycles. The lowest BCUT2D eigenvalue weighted by atomic mass is 9.48. The molecule has 6 heteroatoms. The Hall–Kier alpha value is -1.56. The summed E-state index contributed by atoms with van der Waals surface area (Å²) < 4.78 is 7.54. The summed E-state index contributed by atoms with van der Waals surface area (Å²) in [5, 5.41) is 9.43. The molecule has 0 radical (unpaired) electrons. The number of furan rings is 1. The minimum atomic E-state index is -0.0831. The molecule has 1 atom stereocenters. The van der Waals surface area contributed by atoms with Gasteiger partial charge in [0.15, 0.2) is 22.5 Å². The molecule has 27 heavy (non-hydrogen) atoms. The van der Waals surface area contributed by atoms with Crippen LogP contribution in [0.1, 0.15) is 52.4 Å². The lowest BCUT2D eigenvalue weighted by Crippen LogP contribution is -2.51. The van der Waals surface area contributed by atoms with E-state index in [0.717, 1.165) is 60.3 Å². The highest BCUT2D eigenvalue weighted by molar-refractivity contribution is 8.00. The number of carbonyl (C=O) groups is 1. The SMILES string of the molecule is CCn1c(SC(C)C(=O)C23CC4CC(CC(C4)C2)C3)nnc1-c1ccco1. The number of Topliss-reactive ketones (excluding diaryl/α,β-unsaturated/α-hetero) is 1. The summed E-state index contributed by atoms with van der Waals surface area (Å²) in [7, 11) is 0. The van der Waals surface area contributed by atoms with Crippen molar-refractivity contribution < 1.29 is 9.21 Å². The van der Waals surface area contributed by atoms with Gasteiger partial charge in [-0.15, -0.1) is 10.2 Å². The van der Waals surface area contributed by atoms with Crippen molar-refractivity contribution in [2.45, 2.75) is 69.3 Å². The van der Waals surface area contributed by atoms with E-state index in [4.69, 9.17) is 4.42 Å². The van der Waals surface area contributed by atoms with Crippen LogP contribution in [0.25, 0.3) is 11.6 Å². The van der Waals surface area contributed by atoms with Crippen molar-refractivity contribution in [3.63, 3.8) is 0 Å². The number of thioether (sulfide) groups is 1. The van der Waals surface area contributed by atoms with Crippen LogP contribution in [0.3, 0.4) is 0 Å². The van der Waals surface area contributed by atoms with Gasteiger partial charge in [0, 0.05) is 12.0 Å². The minimum absolute atomic E-state index is 0.0535. The van der Waals surface area contributed by atoms with E-state index in [-0.39, 0.29) is 10.7 Å². The topological polar surface area (TPSA) is 60.9 Å². The van der Waals surface area contributed by atoms with E-state index < -0.39 is 0 Å². The van der Waals surface area contributed by atoms with Gasteiger partial charge in [0.05, 0.1) is 11.5 Å². The second-order valence-corrected chi connectivity index (χ2v) is 10.2. The van der Waals surface area contributed by atoms with Crippen molar-refractivity contribution in [2.24, 2.45) is 23.2 Å². The van der Waals surface area contributed by atoms with Crippen molar-refractivity contribution in [2.75, 3.05) is 0 Å². The number of rotatable bonds is 6. The summed E-state index contributed by atoms with van der Waals surface area (Å²) in [5.74, 6) is 4.29. The van der Waals surface area contributed by atoms with E-state index >= 15 is 0 Å². The predicted octanol–water partition coefficient (Wildman–Crippen LogP) is 4.82. The minimum Gasteiger partial charge on any atom is -0.461 e. The lowest BCUT2D eigenvalue weighted by Gasteiger charge is -2.56. The fraction of sp³-hybridized carbons (Fsp3) is 0.667. The van der Waals surface area contributed by atoms with Crippen molar-refractivity contribution in [3.8, 4) is 11.6 Å². The third kappa shape index (κ3) is 2.87. The summed E-state index contributed by atoms with van der Waals surface area (Å²) in [4.78, 5) is 13.5. The molecule has 2 aromatic rings. The van der Waals surface area contributed by atoms with Crippen LogP contribution in [0, 0.1) is 23.2 Å². The van der Waals surface area contributed by atoms with E-state index in [1.807, 2.05) is 16.7 Å². The van der Waals surface area contributed by atoms with Gasteiger partial charge in [0.25, 0.3) is 0 Å². The van der Waals surface area contributed by atoms with E-state index in [9.17, 15) is 4.79 Å². The highest BCUT2D eigenvalue weighted by atomic mass is 32.2. The van der Waals surface area contributed by atoms with Gasteiger partial charge in [-0.05, 0) is 82.3 Å².